The Morgan fingerprint density at radius 1 is 1.03 bits per heavy atom. The molecule has 0 spiro atoms. The first-order valence-corrected chi connectivity index (χ1v) is 11.3. The summed E-state index contributed by atoms with van der Waals surface area (Å²) >= 11 is 6.05. The van der Waals surface area contributed by atoms with E-state index in [9.17, 15) is 8.42 Å². The van der Waals surface area contributed by atoms with Gasteiger partial charge in [-0.2, -0.15) is 17.9 Å². The molecular weight excluding hydrogens is 420 g/mol. The van der Waals surface area contributed by atoms with Crippen LogP contribution in [0.15, 0.2) is 82.8 Å². The number of rotatable bonds is 5. The van der Waals surface area contributed by atoms with Crippen molar-refractivity contribution in [3.63, 3.8) is 0 Å². The summed E-state index contributed by atoms with van der Waals surface area (Å²) in [6.07, 6.45) is 0.467. The molecule has 1 unspecified atom stereocenters. The van der Waals surface area contributed by atoms with Crippen LogP contribution in [-0.2, 0) is 10.0 Å². The van der Waals surface area contributed by atoms with Crippen molar-refractivity contribution >= 4 is 27.3 Å². The van der Waals surface area contributed by atoms with Crippen LogP contribution in [0.1, 0.15) is 29.2 Å². The van der Waals surface area contributed by atoms with Gasteiger partial charge < -0.3 is 4.74 Å². The van der Waals surface area contributed by atoms with Gasteiger partial charge in [-0.05, 0) is 48.4 Å². The fraction of sp³-hybridized carbons (Fsp3) is 0.174. The summed E-state index contributed by atoms with van der Waals surface area (Å²) in [4.78, 5) is 0.113. The molecule has 0 saturated carbocycles. The molecule has 1 heterocycles. The third-order valence-corrected chi connectivity index (χ3v) is 7.01. The second-order valence-electron chi connectivity index (χ2n) is 7.14. The fourth-order valence-corrected chi connectivity index (χ4v) is 5.18. The first-order chi connectivity index (χ1) is 14.4. The number of aryl methyl sites for hydroxylation is 1. The van der Waals surface area contributed by atoms with Crippen molar-refractivity contribution in [2.24, 2.45) is 5.10 Å². The summed E-state index contributed by atoms with van der Waals surface area (Å²) in [5, 5.41) is 4.91. The van der Waals surface area contributed by atoms with E-state index < -0.39 is 16.1 Å². The monoisotopic (exact) mass is 440 g/mol. The number of sulfonamides is 1. The number of hydrogen-bond donors (Lipinski definition) is 0. The number of methoxy groups -OCH3 is 1. The standard InChI is InChI=1S/C23H21ClN2O3S/c1-16-6-8-17(9-7-16)22-15-23(18-10-12-20(29-2)13-11-18)26(25-22)30(27,28)21-5-3-4-19(24)14-21/h3-14,23H,15H2,1-2H3. The van der Waals surface area contributed by atoms with E-state index in [2.05, 4.69) is 5.10 Å². The van der Waals surface area contributed by atoms with Gasteiger partial charge in [-0.1, -0.05) is 59.6 Å². The van der Waals surface area contributed by atoms with Crippen LogP contribution in [0.25, 0.3) is 0 Å². The molecule has 0 saturated heterocycles. The molecule has 1 aliphatic rings. The van der Waals surface area contributed by atoms with Crippen LogP contribution in [0, 0.1) is 6.92 Å². The van der Waals surface area contributed by atoms with Crippen molar-refractivity contribution in [3.8, 4) is 5.75 Å². The van der Waals surface area contributed by atoms with Crippen molar-refractivity contribution in [3.05, 3.63) is 94.5 Å². The highest BCUT2D eigenvalue weighted by atomic mass is 35.5. The molecule has 0 bridgehead atoms. The number of halogens is 1. The van der Waals surface area contributed by atoms with E-state index >= 15 is 0 Å². The molecule has 5 nitrogen and oxygen atoms in total. The highest BCUT2D eigenvalue weighted by Gasteiger charge is 2.37. The second kappa shape index (κ2) is 8.13. The lowest BCUT2D eigenvalue weighted by molar-refractivity contribution is 0.370. The summed E-state index contributed by atoms with van der Waals surface area (Å²) < 4.78 is 33.4. The van der Waals surface area contributed by atoms with E-state index in [-0.39, 0.29) is 4.90 Å². The summed E-state index contributed by atoms with van der Waals surface area (Å²) in [7, 11) is -2.30. The summed E-state index contributed by atoms with van der Waals surface area (Å²) in [5.74, 6) is 0.709. The Kier molecular flexibility index (Phi) is 5.54. The van der Waals surface area contributed by atoms with Gasteiger partial charge in [0.1, 0.15) is 5.75 Å². The van der Waals surface area contributed by atoms with Gasteiger partial charge in [0.2, 0.25) is 0 Å². The maximum absolute atomic E-state index is 13.5. The van der Waals surface area contributed by atoms with Crippen LogP contribution in [0.4, 0.5) is 0 Å². The van der Waals surface area contributed by atoms with Crippen LogP contribution in [0.3, 0.4) is 0 Å². The van der Waals surface area contributed by atoms with Crippen LogP contribution in [0.5, 0.6) is 5.75 Å². The lowest BCUT2D eigenvalue weighted by atomic mass is 9.98. The summed E-state index contributed by atoms with van der Waals surface area (Å²) in [6, 6.07) is 21.1. The van der Waals surface area contributed by atoms with Gasteiger partial charge in [-0.25, -0.2) is 0 Å². The van der Waals surface area contributed by atoms with Gasteiger partial charge in [0.15, 0.2) is 0 Å². The molecule has 0 aliphatic carbocycles. The smallest absolute Gasteiger partial charge is 0.279 e. The first kappa shape index (κ1) is 20.4. The quantitative estimate of drug-likeness (QED) is 0.548. The third kappa shape index (κ3) is 3.93. The molecule has 0 radical (unpaired) electrons. The molecule has 3 aromatic rings. The fourth-order valence-electron chi connectivity index (χ4n) is 3.44. The Bertz CT molecular complexity index is 1190. The van der Waals surface area contributed by atoms with Gasteiger partial charge >= 0.3 is 0 Å². The molecule has 3 aromatic carbocycles. The molecule has 154 valence electrons. The molecule has 4 rings (SSSR count). The van der Waals surface area contributed by atoms with Crippen molar-refractivity contribution in [1.29, 1.82) is 0 Å². The molecule has 0 amide bonds. The van der Waals surface area contributed by atoms with E-state index in [0.717, 1.165) is 22.4 Å². The predicted molar refractivity (Wildman–Crippen MR) is 119 cm³/mol. The summed E-state index contributed by atoms with van der Waals surface area (Å²) in [6.45, 7) is 2.01. The maximum atomic E-state index is 13.5. The zero-order valence-electron chi connectivity index (χ0n) is 16.6. The molecule has 30 heavy (non-hydrogen) atoms. The van der Waals surface area contributed by atoms with Crippen LogP contribution < -0.4 is 4.74 Å². The van der Waals surface area contributed by atoms with Gasteiger partial charge in [0, 0.05) is 11.4 Å². The van der Waals surface area contributed by atoms with E-state index in [0.29, 0.717) is 17.2 Å². The largest absolute Gasteiger partial charge is 0.497 e. The van der Waals surface area contributed by atoms with E-state index in [1.165, 1.54) is 16.5 Å². The first-order valence-electron chi connectivity index (χ1n) is 9.47. The number of hydrazone groups is 1. The molecular formula is C23H21ClN2O3S. The maximum Gasteiger partial charge on any atom is 0.279 e. The average molecular weight is 441 g/mol. The van der Waals surface area contributed by atoms with Crippen LogP contribution >= 0.6 is 11.6 Å². The Labute approximate surface area is 181 Å². The highest BCUT2D eigenvalue weighted by molar-refractivity contribution is 7.89. The van der Waals surface area contributed by atoms with Crippen molar-refractivity contribution in [2.45, 2.75) is 24.3 Å². The molecule has 0 fully saturated rings. The van der Waals surface area contributed by atoms with Crippen LogP contribution in [0.2, 0.25) is 5.02 Å². The lowest BCUT2D eigenvalue weighted by Gasteiger charge is -2.23. The van der Waals surface area contributed by atoms with Gasteiger partial charge in [0.05, 0.1) is 23.8 Å². The Hall–Kier alpha value is -2.83. The number of nitrogens with zero attached hydrogens (tertiary/aromatic N) is 2. The topological polar surface area (TPSA) is 59.0 Å². The highest BCUT2D eigenvalue weighted by Crippen LogP contribution is 2.38. The Morgan fingerprint density at radius 2 is 1.73 bits per heavy atom. The van der Waals surface area contributed by atoms with E-state index in [4.69, 9.17) is 16.3 Å². The Balaban J connectivity index is 1.79. The van der Waals surface area contributed by atoms with Crippen molar-refractivity contribution in [1.82, 2.24) is 4.41 Å². The minimum absolute atomic E-state index is 0.113. The minimum Gasteiger partial charge on any atom is -0.497 e. The normalized spacial score (nSPS) is 16.4. The van der Waals surface area contributed by atoms with Crippen LogP contribution in [-0.4, -0.2) is 25.7 Å². The summed E-state index contributed by atoms with van der Waals surface area (Å²) in [5.41, 5.74) is 3.60. The molecule has 0 N–H and O–H groups in total. The molecule has 0 aromatic heterocycles. The third-order valence-electron chi connectivity index (χ3n) is 5.10. The zero-order chi connectivity index (χ0) is 21.3. The van der Waals surface area contributed by atoms with E-state index in [1.54, 1.807) is 19.2 Å². The lowest BCUT2D eigenvalue weighted by Crippen LogP contribution is -2.27. The SMILES string of the molecule is COc1ccc(C2CC(c3ccc(C)cc3)=NN2S(=O)(=O)c2cccc(Cl)c2)cc1. The number of hydrogen-bond acceptors (Lipinski definition) is 4. The number of benzene rings is 3. The van der Waals surface area contributed by atoms with E-state index in [1.807, 2.05) is 55.5 Å². The average Bonchev–Trinajstić information content (AvgIpc) is 3.21. The molecule has 1 atom stereocenters. The molecule has 1 aliphatic heterocycles. The Morgan fingerprint density at radius 3 is 2.37 bits per heavy atom. The second-order valence-corrected chi connectivity index (χ2v) is 9.37. The van der Waals surface area contributed by atoms with Crippen molar-refractivity contribution in [2.75, 3.05) is 7.11 Å². The van der Waals surface area contributed by atoms with Crippen molar-refractivity contribution < 1.29 is 13.2 Å². The minimum atomic E-state index is -3.89. The molecule has 7 heteroatoms. The van der Waals surface area contributed by atoms with Gasteiger partial charge in [0.25, 0.3) is 10.0 Å². The van der Waals surface area contributed by atoms with Gasteiger partial charge in [-0.3, -0.25) is 0 Å². The number of ether oxygens (including phenoxy) is 1. The zero-order valence-corrected chi connectivity index (χ0v) is 18.2. The predicted octanol–water partition coefficient (Wildman–Crippen LogP) is 5.20. The van der Waals surface area contributed by atoms with Gasteiger partial charge in [-0.15, -0.1) is 0 Å².